The summed E-state index contributed by atoms with van der Waals surface area (Å²) < 4.78 is 4.01. The number of nitrogens with zero attached hydrogens (tertiary/aromatic N) is 7. The summed E-state index contributed by atoms with van der Waals surface area (Å²) in [6.07, 6.45) is 0. The summed E-state index contributed by atoms with van der Waals surface area (Å²) in [5.41, 5.74) is 6.39. The van der Waals surface area contributed by atoms with Gasteiger partial charge in [-0.1, -0.05) is 102 Å². The first kappa shape index (κ1) is 22.3. The molecule has 7 heteroatoms. The number of aromatic nitrogens is 7. The second kappa shape index (κ2) is 8.96. The summed E-state index contributed by atoms with van der Waals surface area (Å²) in [5, 5.41) is 11.3. The Balaban J connectivity index is 1.52. The normalized spacial score (nSPS) is 11.5. The number of hydrogen-bond acceptors (Lipinski definition) is 5. The van der Waals surface area contributed by atoms with E-state index in [1.54, 1.807) is 0 Å². The van der Waals surface area contributed by atoms with E-state index in [0.717, 1.165) is 49.7 Å². The van der Waals surface area contributed by atoms with Crippen LogP contribution in [0, 0.1) is 0 Å². The Hall–Kier alpha value is -5.69. The highest BCUT2D eigenvalue weighted by Crippen LogP contribution is 2.36. The van der Waals surface area contributed by atoms with Crippen molar-refractivity contribution in [3.8, 4) is 34.4 Å². The summed E-state index contributed by atoms with van der Waals surface area (Å²) in [4.78, 5) is 15.0. The van der Waals surface area contributed by atoms with Crippen molar-refractivity contribution in [1.29, 1.82) is 0 Å². The van der Waals surface area contributed by atoms with Crippen molar-refractivity contribution in [2.75, 3.05) is 0 Å². The maximum atomic E-state index is 5.06. The molecule has 0 atom stereocenters. The number of hydrogen-bond donors (Lipinski definition) is 0. The van der Waals surface area contributed by atoms with Crippen LogP contribution in [0.3, 0.4) is 0 Å². The smallest absolute Gasteiger partial charge is 0.238 e. The Labute approximate surface area is 229 Å². The van der Waals surface area contributed by atoms with Crippen LogP contribution in [0.2, 0.25) is 0 Å². The molecule has 0 aliphatic heterocycles. The molecule has 3 heterocycles. The highest BCUT2D eigenvalue weighted by Gasteiger charge is 2.22. The first-order chi connectivity index (χ1) is 19.8. The molecule has 0 fully saturated rings. The molecule has 0 aliphatic carbocycles. The van der Waals surface area contributed by atoms with Gasteiger partial charge >= 0.3 is 0 Å². The van der Waals surface area contributed by atoms with Gasteiger partial charge in [0.25, 0.3) is 0 Å². The monoisotopic (exact) mass is 515 g/mol. The predicted octanol–water partition coefficient (Wildman–Crippen LogP) is 7.04. The van der Waals surface area contributed by atoms with Crippen LogP contribution >= 0.6 is 0 Å². The summed E-state index contributed by atoms with van der Waals surface area (Å²) in [7, 11) is 0. The van der Waals surface area contributed by atoms with Crippen LogP contribution in [0.25, 0.3) is 67.3 Å². The molecule has 0 saturated heterocycles. The highest BCUT2D eigenvalue weighted by molar-refractivity contribution is 6.17. The molecule has 0 N–H and O–H groups in total. The van der Waals surface area contributed by atoms with Gasteiger partial charge in [-0.15, -0.1) is 5.10 Å². The van der Waals surface area contributed by atoms with Gasteiger partial charge in [-0.2, -0.15) is 9.97 Å². The Kier molecular flexibility index (Phi) is 4.99. The molecular formula is C33H21N7. The highest BCUT2D eigenvalue weighted by atomic mass is 15.4. The van der Waals surface area contributed by atoms with Crippen LogP contribution in [0.1, 0.15) is 0 Å². The minimum absolute atomic E-state index is 0.534. The van der Waals surface area contributed by atoms with Crippen LogP contribution < -0.4 is 0 Å². The molecule has 0 unspecified atom stereocenters. The zero-order chi connectivity index (χ0) is 26.5. The van der Waals surface area contributed by atoms with Gasteiger partial charge in [-0.25, -0.2) is 9.67 Å². The Morgan fingerprint density at radius 3 is 1.75 bits per heavy atom. The van der Waals surface area contributed by atoms with Crippen molar-refractivity contribution in [3.05, 3.63) is 127 Å². The number of para-hydroxylation sites is 2. The summed E-state index contributed by atoms with van der Waals surface area (Å²) >= 11 is 0. The van der Waals surface area contributed by atoms with E-state index in [9.17, 15) is 0 Å². The van der Waals surface area contributed by atoms with E-state index in [4.69, 9.17) is 15.0 Å². The van der Waals surface area contributed by atoms with Gasteiger partial charge in [-0.3, -0.25) is 4.57 Å². The molecule has 8 aromatic rings. The van der Waals surface area contributed by atoms with Crippen molar-refractivity contribution < 1.29 is 0 Å². The van der Waals surface area contributed by atoms with E-state index in [0.29, 0.717) is 17.6 Å². The lowest BCUT2D eigenvalue weighted by Crippen LogP contribution is -2.07. The topological polar surface area (TPSA) is 74.3 Å². The fraction of sp³-hybridized carbons (Fsp3) is 0. The van der Waals surface area contributed by atoms with Crippen molar-refractivity contribution in [2.45, 2.75) is 0 Å². The summed E-state index contributed by atoms with van der Waals surface area (Å²) in [6, 6.07) is 42.6. The third-order valence-electron chi connectivity index (χ3n) is 7.13. The van der Waals surface area contributed by atoms with Crippen LogP contribution in [0.15, 0.2) is 127 Å². The lowest BCUT2D eigenvalue weighted by Gasteiger charge is -2.11. The fourth-order valence-corrected chi connectivity index (χ4v) is 5.31. The predicted molar refractivity (Wildman–Crippen MR) is 157 cm³/mol. The van der Waals surface area contributed by atoms with Crippen molar-refractivity contribution in [1.82, 2.24) is 34.5 Å². The number of rotatable bonds is 4. The molecule has 40 heavy (non-hydrogen) atoms. The molecule has 0 bridgehead atoms. The molecule has 7 nitrogen and oxygen atoms in total. The third kappa shape index (κ3) is 3.49. The Morgan fingerprint density at radius 2 is 1.07 bits per heavy atom. The van der Waals surface area contributed by atoms with Gasteiger partial charge in [-0.05, 0) is 30.3 Å². The summed E-state index contributed by atoms with van der Waals surface area (Å²) in [6.45, 7) is 0. The van der Waals surface area contributed by atoms with Crippen molar-refractivity contribution in [3.63, 3.8) is 0 Å². The van der Waals surface area contributed by atoms with Crippen LogP contribution in [-0.2, 0) is 0 Å². The van der Waals surface area contributed by atoms with E-state index in [-0.39, 0.29) is 0 Å². The quantitative estimate of drug-likeness (QED) is 0.251. The van der Waals surface area contributed by atoms with Crippen molar-refractivity contribution in [2.24, 2.45) is 0 Å². The average Bonchev–Trinajstić information content (AvgIpc) is 3.62. The Bertz CT molecular complexity index is 2090. The first-order valence-corrected chi connectivity index (χ1v) is 13.1. The van der Waals surface area contributed by atoms with Gasteiger partial charge in [0, 0.05) is 21.9 Å². The molecule has 188 valence electrons. The number of fused-ring (bicyclic) bond motifs is 5. The zero-order valence-corrected chi connectivity index (χ0v) is 21.3. The van der Waals surface area contributed by atoms with E-state index in [1.807, 2.05) is 108 Å². The van der Waals surface area contributed by atoms with Crippen molar-refractivity contribution >= 4 is 32.8 Å². The maximum Gasteiger partial charge on any atom is 0.238 e. The largest absolute Gasteiger partial charge is 0.276 e. The zero-order valence-electron chi connectivity index (χ0n) is 21.3. The van der Waals surface area contributed by atoms with Crippen LogP contribution in [0.4, 0.5) is 0 Å². The molecule has 0 amide bonds. The molecule has 0 aliphatic rings. The fourth-order valence-electron chi connectivity index (χ4n) is 5.31. The second-order valence-electron chi connectivity index (χ2n) is 9.53. The molecular weight excluding hydrogens is 494 g/mol. The van der Waals surface area contributed by atoms with Gasteiger partial charge in [0.2, 0.25) is 5.95 Å². The molecule has 8 rings (SSSR count). The van der Waals surface area contributed by atoms with E-state index in [2.05, 4.69) is 39.1 Å². The Morgan fingerprint density at radius 1 is 0.475 bits per heavy atom. The lowest BCUT2D eigenvalue weighted by atomic mass is 10.1. The van der Waals surface area contributed by atoms with E-state index < -0.39 is 0 Å². The molecule has 0 spiro atoms. The molecule has 0 saturated carbocycles. The molecule has 3 aromatic heterocycles. The standard InChI is InChI=1S/C33H21N7/c1-4-12-22(13-5-1)31-34-32(23-14-6-2-7-15-23)36-33(35-31)39-28-19-11-10-18-25(28)26-20-21-27-30(29(26)39)40(38-37-27)24-16-8-3-9-17-24/h1-21H. The van der Waals surface area contributed by atoms with Crippen LogP contribution in [-0.4, -0.2) is 34.5 Å². The van der Waals surface area contributed by atoms with Gasteiger partial charge < -0.3 is 0 Å². The van der Waals surface area contributed by atoms with Gasteiger partial charge in [0.15, 0.2) is 11.6 Å². The maximum absolute atomic E-state index is 5.06. The van der Waals surface area contributed by atoms with Crippen LogP contribution in [0.5, 0.6) is 0 Å². The summed E-state index contributed by atoms with van der Waals surface area (Å²) in [5.74, 6) is 1.75. The average molecular weight is 516 g/mol. The lowest BCUT2D eigenvalue weighted by molar-refractivity contribution is 0.824. The van der Waals surface area contributed by atoms with E-state index in [1.165, 1.54) is 0 Å². The first-order valence-electron chi connectivity index (χ1n) is 13.1. The molecule has 0 radical (unpaired) electrons. The minimum Gasteiger partial charge on any atom is -0.276 e. The third-order valence-corrected chi connectivity index (χ3v) is 7.13. The van der Waals surface area contributed by atoms with Gasteiger partial charge in [0.1, 0.15) is 11.0 Å². The number of benzene rings is 5. The van der Waals surface area contributed by atoms with Gasteiger partial charge in [0.05, 0.1) is 16.7 Å². The molecule has 5 aromatic carbocycles. The minimum atomic E-state index is 0.534. The van der Waals surface area contributed by atoms with E-state index >= 15 is 0 Å². The second-order valence-corrected chi connectivity index (χ2v) is 9.53. The SMILES string of the molecule is c1ccc(-c2nc(-c3ccccc3)nc(-n3c4ccccc4c4ccc5nnn(-c6ccccc6)c5c43)n2)cc1.